The summed E-state index contributed by atoms with van der Waals surface area (Å²) in [6.07, 6.45) is 1.16. The van der Waals surface area contributed by atoms with Crippen molar-refractivity contribution in [1.82, 2.24) is 5.32 Å². The Morgan fingerprint density at radius 2 is 2.43 bits per heavy atom. The van der Waals surface area contributed by atoms with Crippen molar-refractivity contribution in [3.63, 3.8) is 0 Å². The smallest absolute Gasteiger partial charge is 0.0224 e. The fourth-order valence-corrected chi connectivity index (χ4v) is 0.319. The zero-order valence-electron chi connectivity index (χ0n) is 5.07. The molecule has 42 valence electrons. The van der Waals surface area contributed by atoms with E-state index in [9.17, 15) is 0 Å². The highest BCUT2D eigenvalue weighted by atomic mass is 14.9. The van der Waals surface area contributed by atoms with Crippen molar-refractivity contribution in [2.75, 3.05) is 0 Å². The lowest BCUT2D eigenvalue weighted by molar-refractivity contribution is 0.600. The molecule has 0 bridgehead atoms. The molecule has 0 aliphatic heterocycles. The molecule has 1 nitrogen and oxygen atoms in total. The summed E-state index contributed by atoms with van der Waals surface area (Å²) in [5.74, 6) is 0. The van der Waals surface area contributed by atoms with Crippen LogP contribution in [-0.4, -0.2) is 6.04 Å². The third-order valence-corrected chi connectivity index (χ3v) is 1.01. The molecule has 1 unspecified atom stereocenters. The first kappa shape index (κ1) is 6.96. The van der Waals surface area contributed by atoms with E-state index in [0.29, 0.717) is 6.04 Å². The molecule has 0 saturated carbocycles. The molecule has 0 aromatic rings. The van der Waals surface area contributed by atoms with Crippen LogP contribution in [0.4, 0.5) is 0 Å². The average Bonchev–Trinajstić information content (AvgIpc) is 1.68. The van der Waals surface area contributed by atoms with Gasteiger partial charge in [0.25, 0.3) is 0 Å². The van der Waals surface area contributed by atoms with Crippen molar-refractivity contribution < 1.29 is 0 Å². The number of hydrogen-bond acceptors (Lipinski definition) is 1. The lowest BCUT2D eigenvalue weighted by Crippen LogP contribution is -2.20. The minimum absolute atomic E-state index is 0.581. The SMILES string of the molecule is [CH2][CH]NC(C)CC. The Labute approximate surface area is 46.1 Å². The fraction of sp³-hybridized carbons (Fsp3) is 0.667. The Kier molecular flexibility index (Phi) is 4.10. The first-order valence-electron chi connectivity index (χ1n) is 2.68. The number of hydrogen-bond donors (Lipinski definition) is 1. The van der Waals surface area contributed by atoms with Crippen LogP contribution in [0.3, 0.4) is 0 Å². The van der Waals surface area contributed by atoms with Crippen molar-refractivity contribution in [3.05, 3.63) is 13.5 Å². The molecule has 0 saturated heterocycles. The molecule has 7 heavy (non-hydrogen) atoms. The third kappa shape index (κ3) is 3.80. The van der Waals surface area contributed by atoms with Gasteiger partial charge in [0.2, 0.25) is 0 Å². The van der Waals surface area contributed by atoms with Crippen LogP contribution in [0.2, 0.25) is 0 Å². The molecule has 0 aliphatic rings. The van der Waals surface area contributed by atoms with E-state index in [1.807, 2.05) is 0 Å². The van der Waals surface area contributed by atoms with E-state index in [-0.39, 0.29) is 0 Å². The fourth-order valence-electron chi connectivity index (χ4n) is 0.319. The van der Waals surface area contributed by atoms with Crippen LogP contribution in [0.25, 0.3) is 0 Å². The van der Waals surface area contributed by atoms with Gasteiger partial charge < -0.3 is 5.32 Å². The largest absolute Gasteiger partial charge is 0.310 e. The molecule has 0 rings (SSSR count). The quantitative estimate of drug-likeness (QED) is 0.563. The molecule has 0 aromatic carbocycles. The van der Waals surface area contributed by atoms with Crippen molar-refractivity contribution in [2.45, 2.75) is 26.3 Å². The molecule has 0 aromatic heterocycles. The second kappa shape index (κ2) is 4.13. The summed E-state index contributed by atoms with van der Waals surface area (Å²) < 4.78 is 0. The summed E-state index contributed by atoms with van der Waals surface area (Å²) in [6.45, 7) is 9.53. The second-order valence-corrected chi connectivity index (χ2v) is 1.68. The molecule has 1 atom stereocenters. The minimum Gasteiger partial charge on any atom is -0.310 e. The Hall–Kier alpha value is -0.0400. The van der Waals surface area contributed by atoms with Crippen LogP contribution in [0.15, 0.2) is 0 Å². The van der Waals surface area contributed by atoms with Gasteiger partial charge in [-0.1, -0.05) is 6.92 Å². The van der Waals surface area contributed by atoms with Gasteiger partial charge in [-0.15, -0.1) is 0 Å². The molecule has 2 radical (unpaired) electrons. The van der Waals surface area contributed by atoms with Crippen LogP contribution < -0.4 is 5.32 Å². The first-order chi connectivity index (χ1) is 3.31. The van der Waals surface area contributed by atoms with E-state index in [1.54, 1.807) is 6.54 Å². The molecular formula is C6H13N. The van der Waals surface area contributed by atoms with E-state index in [2.05, 4.69) is 26.1 Å². The van der Waals surface area contributed by atoms with E-state index in [0.717, 1.165) is 6.42 Å². The van der Waals surface area contributed by atoms with E-state index in [4.69, 9.17) is 0 Å². The van der Waals surface area contributed by atoms with Crippen molar-refractivity contribution in [3.8, 4) is 0 Å². The zero-order valence-corrected chi connectivity index (χ0v) is 5.07. The first-order valence-corrected chi connectivity index (χ1v) is 2.68. The van der Waals surface area contributed by atoms with Gasteiger partial charge in [-0.2, -0.15) is 0 Å². The Morgan fingerprint density at radius 3 is 2.57 bits per heavy atom. The molecule has 0 spiro atoms. The van der Waals surface area contributed by atoms with E-state index < -0.39 is 0 Å². The summed E-state index contributed by atoms with van der Waals surface area (Å²) >= 11 is 0. The molecule has 1 N–H and O–H groups in total. The van der Waals surface area contributed by atoms with Gasteiger partial charge in [-0.05, 0) is 20.3 Å². The van der Waals surface area contributed by atoms with Crippen LogP contribution in [0.1, 0.15) is 20.3 Å². The maximum absolute atomic E-state index is 3.54. The number of rotatable bonds is 3. The van der Waals surface area contributed by atoms with Gasteiger partial charge in [0.15, 0.2) is 0 Å². The Balaban J connectivity index is 2.83. The molecule has 1 heteroatoms. The topological polar surface area (TPSA) is 12.0 Å². The normalized spacial score (nSPS) is 14.1. The van der Waals surface area contributed by atoms with Gasteiger partial charge in [-0.3, -0.25) is 0 Å². The molecule has 0 aliphatic carbocycles. The lowest BCUT2D eigenvalue weighted by atomic mass is 10.3. The second-order valence-electron chi connectivity index (χ2n) is 1.68. The minimum atomic E-state index is 0.581. The van der Waals surface area contributed by atoms with Gasteiger partial charge in [-0.25, -0.2) is 0 Å². The standard InChI is InChI=1S/C6H13N/c1-4-6(3)7-5-2/h5-7H,2,4H2,1,3H3. The van der Waals surface area contributed by atoms with Crippen molar-refractivity contribution >= 4 is 0 Å². The summed E-state index contributed by atoms with van der Waals surface area (Å²) in [5.41, 5.74) is 0. The van der Waals surface area contributed by atoms with Crippen LogP contribution in [0.5, 0.6) is 0 Å². The predicted octanol–water partition coefficient (Wildman–Crippen LogP) is 1.37. The molecular weight excluding hydrogens is 86.1 g/mol. The molecule has 0 heterocycles. The highest BCUT2D eigenvalue weighted by molar-refractivity contribution is 4.67. The maximum atomic E-state index is 3.54. The highest BCUT2D eigenvalue weighted by Crippen LogP contribution is 1.85. The van der Waals surface area contributed by atoms with Crippen molar-refractivity contribution in [1.29, 1.82) is 0 Å². The van der Waals surface area contributed by atoms with Crippen LogP contribution in [0, 0.1) is 13.5 Å². The van der Waals surface area contributed by atoms with Gasteiger partial charge >= 0.3 is 0 Å². The Morgan fingerprint density at radius 1 is 1.86 bits per heavy atom. The van der Waals surface area contributed by atoms with Crippen LogP contribution >= 0.6 is 0 Å². The predicted molar refractivity (Wildman–Crippen MR) is 32.5 cm³/mol. The third-order valence-electron chi connectivity index (χ3n) is 1.01. The summed E-state index contributed by atoms with van der Waals surface area (Å²) in [5, 5.41) is 3.06. The van der Waals surface area contributed by atoms with E-state index >= 15 is 0 Å². The highest BCUT2D eigenvalue weighted by Gasteiger charge is 1.90. The van der Waals surface area contributed by atoms with Crippen molar-refractivity contribution in [2.24, 2.45) is 0 Å². The van der Waals surface area contributed by atoms with Gasteiger partial charge in [0.1, 0.15) is 0 Å². The van der Waals surface area contributed by atoms with Gasteiger partial charge in [0, 0.05) is 12.6 Å². The molecule has 0 amide bonds. The summed E-state index contributed by atoms with van der Waals surface area (Å²) in [4.78, 5) is 0. The Bertz CT molecular complexity index is 35.2. The lowest BCUT2D eigenvalue weighted by Gasteiger charge is -2.05. The van der Waals surface area contributed by atoms with Crippen LogP contribution in [-0.2, 0) is 0 Å². The maximum Gasteiger partial charge on any atom is 0.0224 e. The van der Waals surface area contributed by atoms with Gasteiger partial charge in [0.05, 0.1) is 0 Å². The summed E-state index contributed by atoms with van der Waals surface area (Å²) in [6, 6.07) is 0.581. The molecule has 0 fully saturated rings. The van der Waals surface area contributed by atoms with E-state index in [1.165, 1.54) is 0 Å². The monoisotopic (exact) mass is 99.1 g/mol. The zero-order chi connectivity index (χ0) is 5.70. The number of nitrogens with one attached hydrogen (secondary N) is 1. The average molecular weight is 99.2 g/mol. The summed E-state index contributed by atoms with van der Waals surface area (Å²) in [7, 11) is 0.